The number of anilines is 2. The molecule has 0 aliphatic rings. The number of benzene rings is 1. The number of nitrogen functional groups attached to an aromatic ring is 1. The molecule has 0 fully saturated rings. The Hall–Kier alpha value is -1.53. The van der Waals surface area contributed by atoms with E-state index in [4.69, 9.17) is 5.73 Å². The number of alkyl halides is 4. The van der Waals surface area contributed by atoms with Crippen LogP contribution in [0.5, 0.6) is 0 Å². The Morgan fingerprint density at radius 3 is 2.44 bits per heavy atom. The molecule has 0 atom stereocenters. The van der Waals surface area contributed by atoms with Gasteiger partial charge in [-0.25, -0.2) is 13.2 Å². The maximum atomic E-state index is 13.1. The van der Waals surface area contributed by atoms with Crippen molar-refractivity contribution >= 4 is 11.4 Å². The number of nitrogens with two attached hydrogens (primary N) is 1. The third-order valence-corrected chi connectivity index (χ3v) is 1.83. The van der Waals surface area contributed by atoms with Crippen molar-refractivity contribution in [2.75, 3.05) is 17.6 Å². The first-order valence-corrected chi connectivity index (χ1v) is 4.28. The molecule has 0 unspecified atom stereocenters. The molecule has 2 nitrogen and oxygen atoms in total. The lowest BCUT2D eigenvalue weighted by Gasteiger charge is -2.16. The van der Waals surface area contributed by atoms with Crippen molar-refractivity contribution in [1.82, 2.24) is 0 Å². The smallest absolute Gasteiger partial charge is 0.324 e. The van der Waals surface area contributed by atoms with Gasteiger partial charge in [0.25, 0.3) is 0 Å². The summed E-state index contributed by atoms with van der Waals surface area (Å²) in [5.41, 5.74) is 5.04. The minimum Gasteiger partial charge on any atom is -0.399 e. The van der Waals surface area contributed by atoms with Crippen molar-refractivity contribution in [3.63, 3.8) is 0 Å². The molecule has 1 aromatic carbocycles. The summed E-state index contributed by atoms with van der Waals surface area (Å²) in [7, 11) is 0. The van der Waals surface area contributed by atoms with Crippen molar-refractivity contribution in [3.8, 4) is 0 Å². The summed E-state index contributed by atoms with van der Waals surface area (Å²) in [6.07, 6.45) is -3.79. The van der Waals surface area contributed by atoms with Crippen LogP contribution in [0.4, 0.5) is 33.3 Å². The molecule has 0 heterocycles. The molecule has 0 spiro atoms. The maximum Gasteiger partial charge on any atom is 0.324 e. The Morgan fingerprint density at radius 1 is 1.31 bits per heavy atom. The van der Waals surface area contributed by atoms with E-state index in [1.54, 1.807) is 0 Å². The van der Waals surface area contributed by atoms with Crippen molar-refractivity contribution in [2.45, 2.75) is 12.3 Å². The monoisotopic (exact) mass is 240 g/mol. The predicted octanol–water partition coefficient (Wildman–Crippen LogP) is 2.72. The Bertz CT molecular complexity index is 367. The molecule has 0 saturated heterocycles. The molecular weight excluding hydrogens is 231 g/mol. The van der Waals surface area contributed by atoms with Crippen LogP contribution in [0.25, 0.3) is 0 Å². The molecule has 0 radical (unpaired) electrons. The molecule has 0 saturated carbocycles. The first-order chi connectivity index (χ1) is 7.33. The highest BCUT2D eigenvalue weighted by atomic mass is 19.3. The molecule has 0 aromatic heterocycles. The SMILES string of the molecule is Nc1ccc(NCC(F)(F)C(F)F)c(F)c1. The average molecular weight is 240 g/mol. The first kappa shape index (κ1) is 12.5. The summed E-state index contributed by atoms with van der Waals surface area (Å²) in [6.45, 7) is -1.34. The summed E-state index contributed by atoms with van der Waals surface area (Å²) in [5.74, 6) is -5.07. The van der Waals surface area contributed by atoms with Crippen molar-refractivity contribution in [3.05, 3.63) is 24.0 Å². The van der Waals surface area contributed by atoms with Gasteiger partial charge in [0, 0.05) is 5.69 Å². The third kappa shape index (κ3) is 2.98. The number of hydrogen-bond acceptors (Lipinski definition) is 2. The van der Waals surface area contributed by atoms with Gasteiger partial charge in [0.15, 0.2) is 0 Å². The van der Waals surface area contributed by atoms with Crippen LogP contribution in [0.3, 0.4) is 0 Å². The molecule has 0 aliphatic carbocycles. The summed E-state index contributed by atoms with van der Waals surface area (Å²) in [5, 5.41) is 1.90. The summed E-state index contributed by atoms with van der Waals surface area (Å²) < 4.78 is 61.6. The van der Waals surface area contributed by atoms with Crippen LogP contribution in [-0.4, -0.2) is 18.9 Å². The molecule has 16 heavy (non-hydrogen) atoms. The molecule has 0 amide bonds. The van der Waals surface area contributed by atoms with Gasteiger partial charge in [-0.2, -0.15) is 8.78 Å². The lowest BCUT2D eigenvalue weighted by molar-refractivity contribution is -0.117. The molecule has 7 heteroatoms. The van der Waals surface area contributed by atoms with E-state index >= 15 is 0 Å². The highest BCUT2D eigenvalue weighted by molar-refractivity contribution is 5.52. The number of rotatable bonds is 4. The first-order valence-electron chi connectivity index (χ1n) is 4.28. The number of nitrogens with one attached hydrogen (secondary N) is 1. The van der Waals surface area contributed by atoms with Crippen LogP contribution in [-0.2, 0) is 0 Å². The zero-order chi connectivity index (χ0) is 12.3. The van der Waals surface area contributed by atoms with E-state index in [1.807, 2.05) is 5.32 Å². The molecule has 1 rings (SSSR count). The van der Waals surface area contributed by atoms with Gasteiger partial charge in [0.2, 0.25) is 0 Å². The van der Waals surface area contributed by atoms with Crippen LogP contribution in [0, 0.1) is 5.82 Å². The lowest BCUT2D eigenvalue weighted by Crippen LogP contribution is -2.35. The minimum atomic E-state index is -4.20. The average Bonchev–Trinajstić information content (AvgIpc) is 2.16. The Kier molecular flexibility index (Phi) is 3.56. The summed E-state index contributed by atoms with van der Waals surface area (Å²) in [4.78, 5) is 0. The second-order valence-electron chi connectivity index (χ2n) is 3.15. The number of halogens is 5. The fourth-order valence-corrected chi connectivity index (χ4v) is 0.965. The van der Waals surface area contributed by atoms with Gasteiger partial charge in [-0.1, -0.05) is 0 Å². The zero-order valence-corrected chi connectivity index (χ0v) is 7.98. The molecule has 3 N–H and O–H groups in total. The van der Waals surface area contributed by atoms with Crippen molar-refractivity contribution < 1.29 is 22.0 Å². The van der Waals surface area contributed by atoms with Crippen LogP contribution in [0.2, 0.25) is 0 Å². The van der Waals surface area contributed by atoms with E-state index in [9.17, 15) is 22.0 Å². The van der Waals surface area contributed by atoms with Gasteiger partial charge in [-0.15, -0.1) is 0 Å². The normalized spacial score (nSPS) is 11.9. The molecular formula is C9H9F5N2. The van der Waals surface area contributed by atoms with Crippen molar-refractivity contribution in [1.29, 1.82) is 0 Å². The lowest BCUT2D eigenvalue weighted by atomic mass is 10.2. The van der Waals surface area contributed by atoms with E-state index in [-0.39, 0.29) is 11.4 Å². The highest BCUT2D eigenvalue weighted by Crippen LogP contribution is 2.24. The minimum absolute atomic E-state index is 0.115. The van der Waals surface area contributed by atoms with Gasteiger partial charge >= 0.3 is 12.3 Å². The Balaban J connectivity index is 2.68. The van der Waals surface area contributed by atoms with E-state index in [1.165, 1.54) is 6.07 Å². The van der Waals surface area contributed by atoms with Crippen molar-refractivity contribution in [2.24, 2.45) is 0 Å². The van der Waals surface area contributed by atoms with E-state index in [0.717, 1.165) is 12.1 Å². The predicted molar refractivity (Wildman–Crippen MR) is 50.3 cm³/mol. The van der Waals surface area contributed by atoms with Gasteiger partial charge in [0.1, 0.15) is 5.82 Å². The van der Waals surface area contributed by atoms with Gasteiger partial charge in [0.05, 0.1) is 12.2 Å². The standard InChI is InChI=1S/C9H9F5N2/c10-6-3-5(15)1-2-7(6)16-4-9(13,14)8(11)12/h1-3,8,16H,4,15H2. The number of hydrogen-bond donors (Lipinski definition) is 2. The topological polar surface area (TPSA) is 38.0 Å². The molecule has 0 aliphatic heterocycles. The zero-order valence-electron chi connectivity index (χ0n) is 7.98. The van der Waals surface area contributed by atoms with Gasteiger partial charge in [-0.05, 0) is 18.2 Å². The highest BCUT2D eigenvalue weighted by Gasteiger charge is 2.40. The maximum absolute atomic E-state index is 13.1. The van der Waals surface area contributed by atoms with E-state index in [0.29, 0.717) is 0 Å². The van der Waals surface area contributed by atoms with Gasteiger partial charge < -0.3 is 11.1 Å². The molecule has 1 aromatic rings. The summed E-state index contributed by atoms with van der Waals surface area (Å²) >= 11 is 0. The van der Waals surface area contributed by atoms with Gasteiger partial charge in [-0.3, -0.25) is 0 Å². The fourth-order valence-electron chi connectivity index (χ4n) is 0.965. The van der Waals surface area contributed by atoms with E-state index in [2.05, 4.69) is 0 Å². The quantitative estimate of drug-likeness (QED) is 0.627. The largest absolute Gasteiger partial charge is 0.399 e. The summed E-state index contributed by atoms with van der Waals surface area (Å²) in [6, 6.07) is 3.28. The van der Waals surface area contributed by atoms with Crippen LogP contribution in [0.15, 0.2) is 18.2 Å². The van der Waals surface area contributed by atoms with Crippen LogP contribution < -0.4 is 11.1 Å². The molecule has 0 bridgehead atoms. The molecule has 90 valence electrons. The second kappa shape index (κ2) is 4.54. The van der Waals surface area contributed by atoms with Crippen LogP contribution >= 0.6 is 0 Å². The fraction of sp³-hybridized carbons (Fsp3) is 0.333. The second-order valence-corrected chi connectivity index (χ2v) is 3.15. The van der Waals surface area contributed by atoms with E-state index < -0.39 is 24.7 Å². The Morgan fingerprint density at radius 2 is 1.94 bits per heavy atom. The van der Waals surface area contributed by atoms with Crippen LogP contribution in [0.1, 0.15) is 0 Å². The Labute approximate surface area is 88.2 Å². The third-order valence-electron chi connectivity index (χ3n) is 1.83.